The summed E-state index contributed by atoms with van der Waals surface area (Å²) in [6.07, 6.45) is 3.75. The molecule has 1 saturated heterocycles. The minimum Gasteiger partial charge on any atom is -0.493 e. The Labute approximate surface area is 202 Å². The van der Waals surface area contributed by atoms with Crippen molar-refractivity contribution >= 4 is 17.5 Å². The van der Waals surface area contributed by atoms with Gasteiger partial charge in [0.2, 0.25) is 5.91 Å². The van der Waals surface area contributed by atoms with Crippen molar-refractivity contribution < 1.29 is 14.3 Å². The lowest BCUT2D eigenvalue weighted by atomic mass is 10.1. The van der Waals surface area contributed by atoms with Gasteiger partial charge in [-0.1, -0.05) is 29.8 Å². The SMILES string of the molecule is COc1cc(-c2nnc(CCC(=O)N3CCCCC3)c(=O)[nH]2)ccc1OCc1ccccc1Cl. The van der Waals surface area contributed by atoms with Crippen molar-refractivity contribution in [3.8, 4) is 22.9 Å². The summed E-state index contributed by atoms with van der Waals surface area (Å²) >= 11 is 6.19. The van der Waals surface area contributed by atoms with Gasteiger partial charge in [-0.3, -0.25) is 9.59 Å². The highest BCUT2D eigenvalue weighted by Crippen LogP contribution is 2.32. The van der Waals surface area contributed by atoms with Crippen LogP contribution in [-0.2, 0) is 17.8 Å². The number of nitrogens with one attached hydrogen (secondary N) is 1. The maximum Gasteiger partial charge on any atom is 0.273 e. The number of carbonyl (C=O) groups is 1. The quantitative estimate of drug-likeness (QED) is 0.521. The summed E-state index contributed by atoms with van der Waals surface area (Å²) in [6.45, 7) is 1.87. The van der Waals surface area contributed by atoms with Gasteiger partial charge in [0, 0.05) is 42.1 Å². The summed E-state index contributed by atoms with van der Waals surface area (Å²) in [5.74, 6) is 1.40. The summed E-state index contributed by atoms with van der Waals surface area (Å²) in [5, 5.41) is 8.88. The predicted molar refractivity (Wildman–Crippen MR) is 129 cm³/mol. The molecular weight excluding hydrogens is 456 g/mol. The third-order valence-electron chi connectivity index (χ3n) is 5.83. The first-order valence-electron chi connectivity index (χ1n) is 11.3. The second-order valence-electron chi connectivity index (χ2n) is 8.14. The zero-order chi connectivity index (χ0) is 23.9. The van der Waals surface area contributed by atoms with Gasteiger partial charge in [-0.2, -0.15) is 0 Å². The normalized spacial score (nSPS) is 13.5. The lowest BCUT2D eigenvalue weighted by Crippen LogP contribution is -2.36. The Bertz CT molecular complexity index is 1210. The summed E-state index contributed by atoms with van der Waals surface area (Å²) in [7, 11) is 1.54. The first-order valence-corrected chi connectivity index (χ1v) is 11.7. The molecule has 0 spiro atoms. The molecule has 178 valence electrons. The van der Waals surface area contributed by atoms with Crippen molar-refractivity contribution in [1.82, 2.24) is 20.1 Å². The molecule has 1 N–H and O–H groups in total. The van der Waals surface area contributed by atoms with E-state index in [9.17, 15) is 9.59 Å². The van der Waals surface area contributed by atoms with Crippen LogP contribution in [0.2, 0.25) is 5.02 Å². The molecule has 0 aliphatic carbocycles. The zero-order valence-corrected chi connectivity index (χ0v) is 19.8. The number of halogens is 1. The summed E-state index contributed by atoms with van der Waals surface area (Å²) in [4.78, 5) is 29.6. The molecule has 0 radical (unpaired) electrons. The Morgan fingerprint density at radius 1 is 1.09 bits per heavy atom. The van der Waals surface area contributed by atoms with Crippen LogP contribution in [0.1, 0.15) is 36.9 Å². The van der Waals surface area contributed by atoms with Gasteiger partial charge in [0.1, 0.15) is 12.3 Å². The summed E-state index contributed by atoms with van der Waals surface area (Å²) < 4.78 is 11.3. The van der Waals surface area contributed by atoms with Crippen molar-refractivity contribution in [3.63, 3.8) is 0 Å². The topological polar surface area (TPSA) is 97.4 Å². The van der Waals surface area contributed by atoms with Gasteiger partial charge in [0.05, 0.1) is 7.11 Å². The molecule has 0 atom stereocenters. The molecule has 2 heterocycles. The summed E-state index contributed by atoms with van der Waals surface area (Å²) in [5.41, 5.74) is 1.39. The van der Waals surface area contributed by atoms with Crippen molar-refractivity contribution in [2.24, 2.45) is 0 Å². The van der Waals surface area contributed by atoms with Gasteiger partial charge in [-0.25, -0.2) is 0 Å². The number of nitrogens with zero attached hydrogens (tertiary/aromatic N) is 3. The van der Waals surface area contributed by atoms with E-state index in [0.29, 0.717) is 27.9 Å². The van der Waals surface area contributed by atoms with E-state index in [1.807, 2.05) is 29.2 Å². The second-order valence-corrected chi connectivity index (χ2v) is 8.54. The van der Waals surface area contributed by atoms with Crippen molar-refractivity contribution in [2.45, 2.75) is 38.7 Å². The average molecular weight is 483 g/mol. The third-order valence-corrected chi connectivity index (χ3v) is 6.20. The number of methoxy groups -OCH3 is 1. The van der Waals surface area contributed by atoms with E-state index in [2.05, 4.69) is 15.2 Å². The Hall–Kier alpha value is -3.39. The van der Waals surface area contributed by atoms with Gasteiger partial charge < -0.3 is 19.4 Å². The van der Waals surface area contributed by atoms with Gasteiger partial charge >= 0.3 is 0 Å². The molecule has 0 unspecified atom stereocenters. The Kier molecular flexibility index (Phi) is 7.80. The van der Waals surface area contributed by atoms with Crippen LogP contribution >= 0.6 is 11.6 Å². The lowest BCUT2D eigenvalue weighted by molar-refractivity contribution is -0.132. The molecule has 1 aromatic heterocycles. The maximum atomic E-state index is 12.6. The monoisotopic (exact) mass is 482 g/mol. The smallest absolute Gasteiger partial charge is 0.273 e. The number of aromatic amines is 1. The highest BCUT2D eigenvalue weighted by molar-refractivity contribution is 6.31. The van der Waals surface area contributed by atoms with E-state index in [-0.39, 0.29) is 36.6 Å². The molecule has 1 aliphatic heterocycles. The third kappa shape index (κ3) is 5.75. The molecule has 2 aromatic carbocycles. The van der Waals surface area contributed by atoms with Crippen LogP contribution in [0.3, 0.4) is 0 Å². The highest BCUT2D eigenvalue weighted by Gasteiger charge is 2.18. The number of hydrogen-bond donors (Lipinski definition) is 1. The minimum atomic E-state index is -0.352. The molecule has 8 nitrogen and oxygen atoms in total. The number of H-pyrrole nitrogens is 1. The number of benzene rings is 2. The fraction of sp³-hybridized carbons (Fsp3) is 0.360. The van der Waals surface area contributed by atoms with Crippen LogP contribution in [0.5, 0.6) is 11.5 Å². The van der Waals surface area contributed by atoms with Crippen LogP contribution in [0.4, 0.5) is 0 Å². The van der Waals surface area contributed by atoms with E-state index < -0.39 is 0 Å². The number of aromatic nitrogens is 3. The molecule has 1 aliphatic rings. The maximum absolute atomic E-state index is 12.6. The fourth-order valence-electron chi connectivity index (χ4n) is 3.89. The first-order chi connectivity index (χ1) is 16.5. The molecule has 9 heteroatoms. The fourth-order valence-corrected chi connectivity index (χ4v) is 4.08. The number of carbonyl (C=O) groups excluding carboxylic acids is 1. The lowest BCUT2D eigenvalue weighted by Gasteiger charge is -2.26. The average Bonchev–Trinajstić information content (AvgIpc) is 2.87. The van der Waals surface area contributed by atoms with Crippen molar-refractivity contribution in [2.75, 3.05) is 20.2 Å². The van der Waals surface area contributed by atoms with Gasteiger partial charge in [-0.05, 0) is 43.5 Å². The predicted octanol–water partition coefficient (Wildman–Crippen LogP) is 4.02. The number of piperidine rings is 1. The number of amides is 1. The Morgan fingerprint density at radius 2 is 1.88 bits per heavy atom. The van der Waals surface area contributed by atoms with E-state index in [0.717, 1.165) is 37.9 Å². The van der Waals surface area contributed by atoms with Crippen LogP contribution in [0.15, 0.2) is 47.3 Å². The van der Waals surface area contributed by atoms with E-state index >= 15 is 0 Å². The standard InChI is InChI=1S/C25H27ClN4O4/c1-33-22-15-17(9-11-21(22)34-16-18-7-3-4-8-19(18)26)24-27-25(32)20(28-29-24)10-12-23(31)30-13-5-2-6-14-30/h3-4,7-9,11,15H,2,5-6,10,12-14,16H2,1H3,(H,27,29,32). The molecule has 1 fully saturated rings. The van der Waals surface area contributed by atoms with E-state index in [1.165, 1.54) is 0 Å². The second kappa shape index (κ2) is 11.2. The number of hydrogen-bond acceptors (Lipinski definition) is 6. The number of rotatable bonds is 8. The van der Waals surface area contributed by atoms with Crippen molar-refractivity contribution in [3.05, 3.63) is 69.1 Å². The number of likely N-dealkylation sites (tertiary alicyclic amines) is 1. The van der Waals surface area contributed by atoms with Crippen LogP contribution in [0.25, 0.3) is 11.4 Å². The minimum absolute atomic E-state index is 0.0575. The zero-order valence-electron chi connectivity index (χ0n) is 19.1. The van der Waals surface area contributed by atoms with Gasteiger partial charge in [-0.15, -0.1) is 10.2 Å². The summed E-state index contributed by atoms with van der Waals surface area (Å²) in [6, 6.07) is 12.7. The van der Waals surface area contributed by atoms with Crippen LogP contribution in [-0.4, -0.2) is 46.2 Å². The highest BCUT2D eigenvalue weighted by atomic mass is 35.5. The Balaban J connectivity index is 1.43. The first kappa shape index (κ1) is 23.8. The Morgan fingerprint density at radius 3 is 2.62 bits per heavy atom. The molecule has 0 saturated carbocycles. The molecule has 3 aromatic rings. The van der Waals surface area contributed by atoms with Gasteiger partial charge in [0.25, 0.3) is 5.56 Å². The number of aryl methyl sites for hydroxylation is 1. The molecule has 0 bridgehead atoms. The molecule has 4 rings (SSSR count). The molecular formula is C25H27ClN4O4. The van der Waals surface area contributed by atoms with Gasteiger partial charge in [0.15, 0.2) is 17.3 Å². The van der Waals surface area contributed by atoms with E-state index in [4.69, 9.17) is 21.1 Å². The van der Waals surface area contributed by atoms with Crippen LogP contribution in [0, 0.1) is 0 Å². The largest absolute Gasteiger partial charge is 0.493 e. The number of ether oxygens (including phenoxy) is 2. The van der Waals surface area contributed by atoms with E-state index in [1.54, 1.807) is 25.3 Å². The van der Waals surface area contributed by atoms with Crippen molar-refractivity contribution in [1.29, 1.82) is 0 Å². The molecule has 34 heavy (non-hydrogen) atoms. The van der Waals surface area contributed by atoms with Crippen LogP contribution < -0.4 is 15.0 Å². The molecule has 1 amide bonds.